The Morgan fingerprint density at radius 2 is 2.15 bits per heavy atom. The van der Waals surface area contributed by atoms with E-state index in [4.69, 9.17) is 10.8 Å². The van der Waals surface area contributed by atoms with Gasteiger partial charge < -0.3 is 16.2 Å². The molecule has 13 heavy (non-hydrogen) atoms. The number of nitrogens with two attached hydrogens (primary N) is 1. The van der Waals surface area contributed by atoms with Crippen molar-refractivity contribution in [3.05, 3.63) is 0 Å². The fourth-order valence-corrected chi connectivity index (χ4v) is 0.957. The molecule has 1 amide bonds. The third-order valence-electron chi connectivity index (χ3n) is 1.70. The molecule has 0 aromatic carbocycles. The maximum Gasteiger partial charge on any atom is 0.220 e. The summed E-state index contributed by atoms with van der Waals surface area (Å²) >= 11 is 0. The van der Waals surface area contributed by atoms with E-state index in [1.165, 1.54) is 0 Å². The summed E-state index contributed by atoms with van der Waals surface area (Å²) < 4.78 is 0. The quantitative estimate of drug-likeness (QED) is 0.492. The van der Waals surface area contributed by atoms with Gasteiger partial charge in [-0.05, 0) is 26.3 Å². The van der Waals surface area contributed by atoms with Crippen molar-refractivity contribution in [2.45, 2.75) is 38.7 Å². The predicted octanol–water partition coefficient (Wildman–Crippen LogP) is 0.00250. The normalized spacial score (nSPS) is 12.5. The number of unbranched alkanes of at least 4 members (excludes halogenated alkanes) is 2. The lowest BCUT2D eigenvalue weighted by Gasteiger charge is -2.06. The van der Waals surface area contributed by atoms with Crippen LogP contribution in [0.3, 0.4) is 0 Å². The first-order valence-electron chi connectivity index (χ1n) is 4.81. The summed E-state index contributed by atoms with van der Waals surface area (Å²) in [5.41, 5.74) is 5.31. The second-order valence-corrected chi connectivity index (χ2v) is 3.25. The van der Waals surface area contributed by atoms with E-state index in [2.05, 4.69) is 5.32 Å². The summed E-state index contributed by atoms with van der Waals surface area (Å²) in [6.45, 7) is 2.68. The highest BCUT2D eigenvalue weighted by molar-refractivity contribution is 5.75. The zero-order valence-electron chi connectivity index (χ0n) is 8.25. The largest absolute Gasteiger partial charge is 0.392 e. The van der Waals surface area contributed by atoms with Crippen molar-refractivity contribution in [1.82, 2.24) is 5.32 Å². The average Bonchev–Trinajstić information content (AvgIpc) is 2.09. The molecule has 4 nitrogen and oxygen atoms in total. The average molecular weight is 188 g/mol. The van der Waals surface area contributed by atoms with Crippen LogP contribution in [0.4, 0.5) is 0 Å². The predicted molar refractivity (Wildman–Crippen MR) is 52.2 cm³/mol. The zero-order chi connectivity index (χ0) is 10.1. The number of hydrogen-bond acceptors (Lipinski definition) is 3. The summed E-state index contributed by atoms with van der Waals surface area (Å²) in [7, 11) is 0. The second-order valence-electron chi connectivity index (χ2n) is 3.25. The van der Waals surface area contributed by atoms with E-state index in [1.807, 2.05) is 0 Å². The van der Waals surface area contributed by atoms with Crippen LogP contribution in [-0.4, -0.2) is 30.2 Å². The van der Waals surface area contributed by atoms with Crippen LogP contribution in [0.15, 0.2) is 0 Å². The number of rotatable bonds is 7. The number of nitrogens with one attached hydrogen (secondary N) is 1. The molecule has 0 bridgehead atoms. The van der Waals surface area contributed by atoms with Gasteiger partial charge in [-0.15, -0.1) is 0 Å². The Labute approximate surface area is 79.5 Å². The Balaban J connectivity index is 3.20. The first-order chi connectivity index (χ1) is 6.16. The molecule has 0 radical (unpaired) electrons. The van der Waals surface area contributed by atoms with Crippen molar-refractivity contribution in [3.63, 3.8) is 0 Å². The van der Waals surface area contributed by atoms with Crippen LogP contribution in [0, 0.1) is 0 Å². The second kappa shape index (κ2) is 8.01. The first kappa shape index (κ1) is 12.4. The lowest BCUT2D eigenvalue weighted by molar-refractivity contribution is -0.121. The van der Waals surface area contributed by atoms with Gasteiger partial charge in [-0.2, -0.15) is 0 Å². The van der Waals surface area contributed by atoms with Gasteiger partial charge in [0.05, 0.1) is 6.10 Å². The molecule has 0 aliphatic carbocycles. The minimum absolute atomic E-state index is 0.0120. The Morgan fingerprint density at radius 3 is 2.69 bits per heavy atom. The van der Waals surface area contributed by atoms with Crippen LogP contribution in [0.1, 0.15) is 32.6 Å². The maximum atomic E-state index is 11.1. The minimum Gasteiger partial charge on any atom is -0.392 e. The third kappa shape index (κ3) is 9.30. The van der Waals surface area contributed by atoms with Gasteiger partial charge in [0.15, 0.2) is 0 Å². The SMILES string of the molecule is CC(O)CNC(=O)CCCCCN. The standard InChI is InChI=1S/C9H20N2O2/c1-8(12)7-11-9(13)5-3-2-4-6-10/h8,12H,2-7,10H2,1H3,(H,11,13). The molecule has 4 heteroatoms. The number of aliphatic hydroxyl groups is 1. The smallest absolute Gasteiger partial charge is 0.220 e. The lowest BCUT2D eigenvalue weighted by atomic mass is 10.2. The highest BCUT2D eigenvalue weighted by atomic mass is 16.3. The number of aliphatic hydroxyl groups excluding tert-OH is 1. The van der Waals surface area contributed by atoms with E-state index in [0.29, 0.717) is 19.5 Å². The van der Waals surface area contributed by atoms with Crippen molar-refractivity contribution >= 4 is 5.91 Å². The third-order valence-corrected chi connectivity index (χ3v) is 1.70. The molecule has 1 atom stereocenters. The van der Waals surface area contributed by atoms with Crippen LogP contribution < -0.4 is 11.1 Å². The summed E-state index contributed by atoms with van der Waals surface area (Å²) in [6.07, 6.45) is 2.92. The molecule has 0 fully saturated rings. The van der Waals surface area contributed by atoms with Gasteiger partial charge in [-0.3, -0.25) is 4.79 Å². The molecule has 0 rings (SSSR count). The molecular formula is C9H20N2O2. The fourth-order valence-electron chi connectivity index (χ4n) is 0.957. The van der Waals surface area contributed by atoms with Crippen molar-refractivity contribution in [3.8, 4) is 0 Å². The molecule has 0 aliphatic heterocycles. The zero-order valence-corrected chi connectivity index (χ0v) is 8.25. The van der Waals surface area contributed by atoms with E-state index in [0.717, 1.165) is 19.3 Å². The van der Waals surface area contributed by atoms with Crippen molar-refractivity contribution in [1.29, 1.82) is 0 Å². The van der Waals surface area contributed by atoms with Crippen LogP contribution in [0.5, 0.6) is 0 Å². The number of hydrogen-bond donors (Lipinski definition) is 3. The Hall–Kier alpha value is -0.610. The molecule has 1 unspecified atom stereocenters. The highest BCUT2D eigenvalue weighted by Gasteiger charge is 2.01. The Kier molecular flexibility index (Phi) is 7.63. The topological polar surface area (TPSA) is 75.3 Å². The number of amides is 1. The molecule has 0 aliphatic rings. The van der Waals surface area contributed by atoms with Gasteiger partial charge in [-0.25, -0.2) is 0 Å². The molecule has 0 aromatic heterocycles. The van der Waals surface area contributed by atoms with Crippen LogP contribution in [0.2, 0.25) is 0 Å². The number of carbonyl (C=O) groups excluding carboxylic acids is 1. The fraction of sp³-hybridized carbons (Fsp3) is 0.889. The van der Waals surface area contributed by atoms with Gasteiger partial charge in [0, 0.05) is 13.0 Å². The van der Waals surface area contributed by atoms with E-state index in [1.54, 1.807) is 6.92 Å². The maximum absolute atomic E-state index is 11.1. The minimum atomic E-state index is -0.465. The van der Waals surface area contributed by atoms with E-state index >= 15 is 0 Å². The van der Waals surface area contributed by atoms with Gasteiger partial charge in [-0.1, -0.05) is 6.42 Å². The van der Waals surface area contributed by atoms with E-state index < -0.39 is 6.10 Å². The molecule has 0 heterocycles. The van der Waals surface area contributed by atoms with Crippen LogP contribution >= 0.6 is 0 Å². The van der Waals surface area contributed by atoms with Crippen molar-refractivity contribution in [2.24, 2.45) is 5.73 Å². The van der Waals surface area contributed by atoms with Crippen LogP contribution in [-0.2, 0) is 4.79 Å². The molecule has 4 N–H and O–H groups in total. The molecule has 0 spiro atoms. The Morgan fingerprint density at radius 1 is 1.46 bits per heavy atom. The van der Waals surface area contributed by atoms with E-state index in [-0.39, 0.29) is 5.91 Å². The van der Waals surface area contributed by atoms with Crippen molar-refractivity contribution in [2.75, 3.05) is 13.1 Å². The summed E-state index contributed by atoms with van der Waals surface area (Å²) in [6, 6.07) is 0. The summed E-state index contributed by atoms with van der Waals surface area (Å²) in [4.78, 5) is 11.1. The molecule has 0 saturated carbocycles. The molecule has 0 saturated heterocycles. The van der Waals surface area contributed by atoms with Crippen LogP contribution in [0.25, 0.3) is 0 Å². The van der Waals surface area contributed by atoms with Gasteiger partial charge in [0.2, 0.25) is 5.91 Å². The summed E-state index contributed by atoms with van der Waals surface area (Å²) in [5, 5.41) is 11.5. The molecule has 78 valence electrons. The summed E-state index contributed by atoms with van der Waals surface area (Å²) in [5.74, 6) is 0.0120. The first-order valence-corrected chi connectivity index (χ1v) is 4.81. The van der Waals surface area contributed by atoms with Gasteiger partial charge in [0.1, 0.15) is 0 Å². The van der Waals surface area contributed by atoms with E-state index in [9.17, 15) is 4.79 Å². The molecule has 0 aromatic rings. The van der Waals surface area contributed by atoms with Gasteiger partial charge in [0.25, 0.3) is 0 Å². The van der Waals surface area contributed by atoms with Crippen molar-refractivity contribution < 1.29 is 9.90 Å². The number of carbonyl (C=O) groups is 1. The molecular weight excluding hydrogens is 168 g/mol. The highest BCUT2D eigenvalue weighted by Crippen LogP contribution is 1.97. The Bertz CT molecular complexity index is 138. The monoisotopic (exact) mass is 188 g/mol. The lowest BCUT2D eigenvalue weighted by Crippen LogP contribution is -2.30. The van der Waals surface area contributed by atoms with Gasteiger partial charge >= 0.3 is 0 Å².